The number of sulfonamides is 1. The lowest BCUT2D eigenvalue weighted by Gasteiger charge is -2.23. The molecule has 2 rings (SSSR count). The third-order valence-electron chi connectivity index (χ3n) is 3.95. The van der Waals surface area contributed by atoms with Gasteiger partial charge in [0.2, 0.25) is 10.0 Å². The normalized spacial score (nSPS) is 14.0. The molecular weight excluding hydrogens is 357 g/mol. The molecule has 7 heteroatoms. The molecule has 2 N–H and O–H groups in total. The Morgan fingerprint density at radius 3 is 2.50 bits per heavy atom. The quantitative estimate of drug-likeness (QED) is 0.700. The van der Waals surface area contributed by atoms with Gasteiger partial charge in [-0.3, -0.25) is 0 Å². The summed E-state index contributed by atoms with van der Waals surface area (Å²) in [6.07, 6.45) is 1.00. The Bertz CT molecular complexity index is 823. The van der Waals surface area contributed by atoms with Crippen molar-refractivity contribution in [3.8, 4) is 5.75 Å². The Labute approximate surface area is 153 Å². The van der Waals surface area contributed by atoms with Crippen molar-refractivity contribution in [1.29, 1.82) is 0 Å². The SMILES string of the molecule is CCOc1ccc(S(=O)(=O)NC[C@@](C)(O)CCc2ccccc2)cc1F. The van der Waals surface area contributed by atoms with Crippen LogP contribution in [-0.2, 0) is 16.4 Å². The van der Waals surface area contributed by atoms with Crippen LogP contribution in [0, 0.1) is 5.82 Å². The highest BCUT2D eigenvalue weighted by Gasteiger charge is 2.24. The minimum Gasteiger partial charge on any atom is -0.491 e. The molecule has 0 bridgehead atoms. The molecule has 0 aliphatic rings. The van der Waals surface area contributed by atoms with Crippen molar-refractivity contribution in [3.63, 3.8) is 0 Å². The summed E-state index contributed by atoms with van der Waals surface area (Å²) in [6.45, 7) is 3.39. The van der Waals surface area contributed by atoms with Gasteiger partial charge in [0.25, 0.3) is 0 Å². The molecule has 0 spiro atoms. The van der Waals surface area contributed by atoms with Gasteiger partial charge in [0.15, 0.2) is 11.6 Å². The van der Waals surface area contributed by atoms with Gasteiger partial charge >= 0.3 is 0 Å². The van der Waals surface area contributed by atoms with E-state index < -0.39 is 21.4 Å². The van der Waals surface area contributed by atoms with Crippen molar-refractivity contribution < 1.29 is 22.7 Å². The summed E-state index contributed by atoms with van der Waals surface area (Å²) in [5, 5.41) is 10.4. The maximum absolute atomic E-state index is 13.9. The van der Waals surface area contributed by atoms with Crippen molar-refractivity contribution in [3.05, 3.63) is 59.9 Å². The zero-order valence-corrected chi connectivity index (χ0v) is 15.7. The monoisotopic (exact) mass is 381 g/mol. The molecule has 0 unspecified atom stereocenters. The number of hydrogen-bond donors (Lipinski definition) is 2. The first-order chi connectivity index (χ1) is 12.2. The highest BCUT2D eigenvalue weighted by molar-refractivity contribution is 7.89. The van der Waals surface area contributed by atoms with E-state index in [0.29, 0.717) is 12.8 Å². The van der Waals surface area contributed by atoms with Crippen molar-refractivity contribution in [2.45, 2.75) is 37.2 Å². The van der Waals surface area contributed by atoms with Crippen molar-refractivity contribution in [2.75, 3.05) is 13.2 Å². The average molecular weight is 381 g/mol. The van der Waals surface area contributed by atoms with Crippen LogP contribution in [0.1, 0.15) is 25.8 Å². The summed E-state index contributed by atoms with van der Waals surface area (Å²) in [4.78, 5) is -0.211. The van der Waals surface area contributed by atoms with Crippen molar-refractivity contribution >= 4 is 10.0 Å². The van der Waals surface area contributed by atoms with Gasteiger partial charge in [-0.05, 0) is 50.5 Å². The zero-order chi connectivity index (χ0) is 19.2. The van der Waals surface area contributed by atoms with Crippen LogP contribution in [0.5, 0.6) is 5.75 Å². The number of hydrogen-bond acceptors (Lipinski definition) is 4. The molecule has 0 aromatic heterocycles. The second-order valence-electron chi connectivity index (χ2n) is 6.33. The maximum atomic E-state index is 13.9. The third-order valence-corrected chi connectivity index (χ3v) is 5.35. The van der Waals surface area contributed by atoms with Crippen LogP contribution in [-0.4, -0.2) is 32.3 Å². The summed E-state index contributed by atoms with van der Waals surface area (Å²) < 4.78 is 46.0. The number of aliphatic hydroxyl groups is 1. The molecule has 142 valence electrons. The van der Waals surface area contributed by atoms with E-state index in [1.165, 1.54) is 12.1 Å². The van der Waals surface area contributed by atoms with E-state index in [2.05, 4.69) is 4.72 Å². The van der Waals surface area contributed by atoms with Gasteiger partial charge < -0.3 is 9.84 Å². The Morgan fingerprint density at radius 1 is 1.19 bits per heavy atom. The van der Waals surface area contributed by atoms with E-state index in [0.717, 1.165) is 11.6 Å². The molecular formula is C19H24FNO4S. The van der Waals surface area contributed by atoms with E-state index in [4.69, 9.17) is 4.74 Å². The number of halogens is 1. The summed E-state index contributed by atoms with van der Waals surface area (Å²) in [5.74, 6) is -0.744. The molecule has 2 aromatic rings. The number of benzene rings is 2. The fourth-order valence-electron chi connectivity index (χ4n) is 2.40. The van der Waals surface area contributed by atoms with Crippen molar-refractivity contribution in [1.82, 2.24) is 4.72 Å². The smallest absolute Gasteiger partial charge is 0.240 e. The Morgan fingerprint density at radius 2 is 1.88 bits per heavy atom. The molecule has 0 aliphatic heterocycles. The van der Waals surface area contributed by atoms with Crippen LogP contribution in [0.2, 0.25) is 0 Å². The third kappa shape index (κ3) is 5.79. The lowest BCUT2D eigenvalue weighted by Crippen LogP contribution is -2.40. The summed E-state index contributed by atoms with van der Waals surface area (Å²) in [6, 6.07) is 13.1. The molecule has 26 heavy (non-hydrogen) atoms. The van der Waals surface area contributed by atoms with Crippen LogP contribution >= 0.6 is 0 Å². The molecule has 0 heterocycles. The van der Waals surface area contributed by atoms with E-state index in [1.54, 1.807) is 13.8 Å². The first kappa shape index (κ1) is 20.4. The topological polar surface area (TPSA) is 75.6 Å². The van der Waals surface area contributed by atoms with Gasteiger partial charge in [-0.2, -0.15) is 0 Å². The van der Waals surface area contributed by atoms with Crippen molar-refractivity contribution in [2.24, 2.45) is 0 Å². The predicted octanol–water partition coefficient (Wildman–Crippen LogP) is 2.89. The lowest BCUT2D eigenvalue weighted by atomic mass is 9.97. The van der Waals surface area contributed by atoms with Gasteiger partial charge in [0, 0.05) is 6.54 Å². The molecule has 0 amide bonds. The standard InChI is InChI=1S/C19H24FNO4S/c1-3-25-18-10-9-16(13-17(18)20)26(23,24)21-14-19(2,22)12-11-15-7-5-4-6-8-15/h4-10,13,21-22H,3,11-12,14H2,1-2H3/t19-/m0/s1. The van der Waals surface area contributed by atoms with Crippen LogP contribution in [0.4, 0.5) is 4.39 Å². The average Bonchev–Trinajstić information content (AvgIpc) is 2.61. The number of rotatable bonds is 9. The van der Waals surface area contributed by atoms with Crippen LogP contribution in [0.25, 0.3) is 0 Å². The van der Waals surface area contributed by atoms with Gasteiger partial charge in [0.05, 0.1) is 17.1 Å². The Kier molecular flexibility index (Phi) is 6.75. The molecule has 5 nitrogen and oxygen atoms in total. The highest BCUT2D eigenvalue weighted by Crippen LogP contribution is 2.21. The minimum atomic E-state index is -3.94. The van der Waals surface area contributed by atoms with Gasteiger partial charge in [0.1, 0.15) is 0 Å². The second-order valence-corrected chi connectivity index (χ2v) is 8.10. The molecule has 0 fully saturated rings. The number of ether oxygens (including phenoxy) is 1. The van der Waals surface area contributed by atoms with E-state index >= 15 is 0 Å². The predicted molar refractivity (Wildman–Crippen MR) is 98.1 cm³/mol. The van der Waals surface area contributed by atoms with Gasteiger partial charge in [-0.1, -0.05) is 30.3 Å². The molecule has 0 radical (unpaired) electrons. The molecule has 0 saturated carbocycles. The fourth-order valence-corrected chi connectivity index (χ4v) is 3.58. The summed E-state index contributed by atoms with van der Waals surface area (Å²) in [5.41, 5.74) is -0.170. The molecule has 2 aromatic carbocycles. The number of aryl methyl sites for hydroxylation is 1. The minimum absolute atomic E-state index is 0.00121. The Hall–Kier alpha value is -1.96. The van der Waals surface area contributed by atoms with Crippen LogP contribution < -0.4 is 9.46 Å². The van der Waals surface area contributed by atoms with Crippen LogP contribution in [0.15, 0.2) is 53.4 Å². The fraction of sp³-hybridized carbons (Fsp3) is 0.368. The lowest BCUT2D eigenvalue weighted by molar-refractivity contribution is 0.0565. The van der Waals surface area contributed by atoms with Gasteiger partial charge in [-0.25, -0.2) is 17.5 Å². The first-order valence-corrected chi connectivity index (χ1v) is 9.90. The summed E-state index contributed by atoms with van der Waals surface area (Å²) in [7, 11) is -3.94. The second kappa shape index (κ2) is 8.62. The maximum Gasteiger partial charge on any atom is 0.240 e. The van der Waals surface area contributed by atoms with E-state index in [-0.39, 0.29) is 23.8 Å². The largest absolute Gasteiger partial charge is 0.491 e. The van der Waals surface area contributed by atoms with E-state index in [9.17, 15) is 17.9 Å². The highest BCUT2D eigenvalue weighted by atomic mass is 32.2. The molecule has 0 aliphatic carbocycles. The van der Waals surface area contributed by atoms with E-state index in [1.807, 2.05) is 30.3 Å². The first-order valence-electron chi connectivity index (χ1n) is 8.42. The number of nitrogens with one attached hydrogen (secondary N) is 1. The van der Waals surface area contributed by atoms with Gasteiger partial charge in [-0.15, -0.1) is 0 Å². The Balaban J connectivity index is 1.99. The zero-order valence-electron chi connectivity index (χ0n) is 14.9. The molecule has 0 saturated heterocycles. The summed E-state index contributed by atoms with van der Waals surface area (Å²) >= 11 is 0. The van der Waals surface area contributed by atoms with Crippen LogP contribution in [0.3, 0.4) is 0 Å². The molecule has 1 atom stereocenters.